The topological polar surface area (TPSA) is 221 Å². The standard InChI is InChI=1S/C51H64N8O9S2/c1-31(2)52-50-56-42(30-69-50)40-26-44(37-21-20-35(67-3)24-39(37)53-40)68-36-25-43-46(60)57-51(48(62)63)27-34(51)17-10-5-4-6-11-18-38(47(61)59(43)28-36)54-49(64)55-41(32-14-8-7-9-15-32)29-58-23-22-33-16-12-13-19-45(33)70(58,65)66/h10,12-13,16-17,19-21,24,26,30-32,34,36,38,41,43H,4-9,11,14-15,18,22-23,25,27-29H2,1-3H3,(H,52,56)(H,57,60)(H,62,63)(H2,54,55,64)/t34?,36-,38+,41?,43+,51-/m1/s1. The summed E-state index contributed by atoms with van der Waals surface area (Å²) in [4.78, 5) is 68.3. The second-order valence-corrected chi connectivity index (χ2v) is 22.5. The van der Waals surface area contributed by atoms with Gasteiger partial charge in [-0.15, -0.1) is 11.3 Å². The first-order chi connectivity index (χ1) is 33.7. The quantitative estimate of drug-likeness (QED) is 0.0918. The molecule has 5 aliphatic rings. The number of aliphatic carboxylic acids is 1. The van der Waals surface area contributed by atoms with Crippen molar-refractivity contribution in [2.75, 3.05) is 32.1 Å². The highest BCUT2D eigenvalue weighted by atomic mass is 32.2. The lowest BCUT2D eigenvalue weighted by Gasteiger charge is -2.36. The van der Waals surface area contributed by atoms with Crippen molar-refractivity contribution in [3.8, 4) is 22.9 Å². The van der Waals surface area contributed by atoms with E-state index in [0.29, 0.717) is 59.6 Å². The number of allylic oxidation sites excluding steroid dienone is 1. The maximum Gasteiger partial charge on any atom is 0.330 e. The van der Waals surface area contributed by atoms with Gasteiger partial charge in [0.05, 0.1) is 29.8 Å². The number of fused-ring (bicyclic) bond motifs is 4. The number of nitrogens with one attached hydrogen (secondary N) is 4. The van der Waals surface area contributed by atoms with Crippen molar-refractivity contribution in [2.45, 2.75) is 138 Å². The Labute approximate surface area is 413 Å². The molecule has 2 saturated carbocycles. The second kappa shape index (κ2) is 20.9. The van der Waals surface area contributed by atoms with Crippen LogP contribution >= 0.6 is 11.3 Å². The highest BCUT2D eigenvalue weighted by molar-refractivity contribution is 7.89. The number of urea groups is 1. The van der Waals surface area contributed by atoms with E-state index in [9.17, 15) is 27.9 Å². The summed E-state index contributed by atoms with van der Waals surface area (Å²) in [7, 11) is -2.24. The number of thiazole rings is 1. The highest BCUT2D eigenvalue weighted by Crippen LogP contribution is 2.46. The van der Waals surface area contributed by atoms with Crippen molar-refractivity contribution in [1.82, 2.24) is 35.1 Å². The van der Waals surface area contributed by atoms with Crippen LogP contribution in [0.1, 0.15) is 96.5 Å². The van der Waals surface area contributed by atoms with E-state index in [1.165, 1.54) is 20.5 Å². The van der Waals surface area contributed by atoms with Gasteiger partial charge in [0.15, 0.2) is 5.13 Å². The van der Waals surface area contributed by atoms with Crippen LogP contribution in [-0.2, 0) is 30.8 Å². The summed E-state index contributed by atoms with van der Waals surface area (Å²) in [5, 5.41) is 26.1. The van der Waals surface area contributed by atoms with Crippen LogP contribution in [0.5, 0.6) is 11.5 Å². The van der Waals surface area contributed by atoms with Gasteiger partial charge in [0, 0.05) is 60.4 Å². The van der Waals surface area contributed by atoms with Crippen molar-refractivity contribution in [3.63, 3.8) is 0 Å². The number of carboxylic acid groups (broad SMARTS) is 1. The van der Waals surface area contributed by atoms with Gasteiger partial charge in [0.1, 0.15) is 40.9 Å². The van der Waals surface area contributed by atoms with Crippen LogP contribution in [0.4, 0.5) is 9.93 Å². The van der Waals surface area contributed by atoms with E-state index >= 15 is 4.79 Å². The zero-order chi connectivity index (χ0) is 49.2. The van der Waals surface area contributed by atoms with Gasteiger partial charge in [-0.3, -0.25) is 9.59 Å². The molecule has 3 aliphatic heterocycles. The Morgan fingerprint density at radius 1 is 1.00 bits per heavy atom. The molecule has 6 atom stereocenters. The van der Waals surface area contributed by atoms with E-state index in [0.717, 1.165) is 55.6 Å². The first-order valence-electron chi connectivity index (χ1n) is 24.8. The van der Waals surface area contributed by atoms with Gasteiger partial charge in [0.2, 0.25) is 21.8 Å². The predicted octanol–water partition coefficient (Wildman–Crippen LogP) is 6.88. The zero-order valence-electron chi connectivity index (χ0n) is 40.0. The number of amides is 4. The molecule has 17 nitrogen and oxygen atoms in total. The summed E-state index contributed by atoms with van der Waals surface area (Å²) in [6.45, 7) is 4.41. The normalized spacial score (nSPS) is 25.6. The molecule has 374 valence electrons. The number of hydrogen-bond donors (Lipinski definition) is 5. The number of methoxy groups -OCH3 is 1. The molecule has 0 spiro atoms. The molecule has 3 fully saturated rings. The van der Waals surface area contributed by atoms with E-state index < -0.39 is 69.5 Å². The Hall–Kier alpha value is -5.79. The summed E-state index contributed by atoms with van der Waals surface area (Å²) in [6.07, 6.45) is 11.7. The minimum atomic E-state index is -3.81. The molecule has 0 bridgehead atoms. The van der Waals surface area contributed by atoms with Crippen LogP contribution in [-0.4, -0.2) is 119 Å². The Kier molecular flexibility index (Phi) is 14.7. The average Bonchev–Trinajstić information content (AvgIpc) is 3.60. The minimum absolute atomic E-state index is 0.0288. The fraction of sp³-hybridized carbons (Fsp3) is 0.529. The highest BCUT2D eigenvalue weighted by Gasteiger charge is 2.61. The molecule has 4 amide bonds. The van der Waals surface area contributed by atoms with Crippen LogP contribution < -0.4 is 30.7 Å². The number of aromatic nitrogens is 2. The number of anilines is 1. The molecule has 2 aromatic heterocycles. The van der Waals surface area contributed by atoms with Gasteiger partial charge < -0.3 is 40.7 Å². The lowest BCUT2D eigenvalue weighted by Crippen LogP contribution is -2.59. The molecular weight excluding hydrogens is 933 g/mol. The van der Waals surface area contributed by atoms with Crippen molar-refractivity contribution in [1.29, 1.82) is 0 Å². The summed E-state index contributed by atoms with van der Waals surface area (Å²) < 4.78 is 41.7. The predicted molar refractivity (Wildman–Crippen MR) is 266 cm³/mol. The number of carbonyl (C=O) groups is 4. The number of benzene rings is 2. The van der Waals surface area contributed by atoms with Crippen molar-refractivity contribution in [3.05, 3.63) is 71.6 Å². The number of rotatable bonds is 12. The number of pyridine rings is 1. The second-order valence-electron chi connectivity index (χ2n) is 19.7. The molecule has 70 heavy (non-hydrogen) atoms. The van der Waals surface area contributed by atoms with Gasteiger partial charge in [0.25, 0.3) is 0 Å². The number of hydrogen-bond acceptors (Lipinski definition) is 12. The average molecular weight is 997 g/mol. The lowest BCUT2D eigenvalue weighted by molar-refractivity contribution is -0.145. The van der Waals surface area contributed by atoms with Crippen LogP contribution in [0, 0.1) is 11.8 Å². The fourth-order valence-electron chi connectivity index (χ4n) is 10.7. The summed E-state index contributed by atoms with van der Waals surface area (Å²) >= 11 is 1.45. The lowest BCUT2D eigenvalue weighted by atomic mass is 9.84. The molecule has 1 saturated heterocycles. The van der Waals surface area contributed by atoms with E-state index in [4.69, 9.17) is 19.4 Å². The third-order valence-electron chi connectivity index (χ3n) is 14.5. The molecule has 2 aliphatic carbocycles. The molecular formula is C51H64N8O9S2. The van der Waals surface area contributed by atoms with Crippen LogP contribution in [0.3, 0.4) is 0 Å². The van der Waals surface area contributed by atoms with Crippen LogP contribution in [0.2, 0.25) is 0 Å². The maximum absolute atomic E-state index is 15.2. The van der Waals surface area contributed by atoms with Gasteiger partial charge >= 0.3 is 12.0 Å². The number of ether oxygens (including phenoxy) is 2. The van der Waals surface area contributed by atoms with Gasteiger partial charge in [-0.05, 0) is 88.5 Å². The fourth-order valence-corrected chi connectivity index (χ4v) is 13.2. The molecule has 5 heterocycles. The van der Waals surface area contributed by atoms with Crippen molar-refractivity contribution < 1.29 is 42.2 Å². The summed E-state index contributed by atoms with van der Waals surface area (Å²) in [6, 6.07) is 11.1. The van der Waals surface area contributed by atoms with Gasteiger partial charge in [-0.1, -0.05) is 62.5 Å². The Balaban J connectivity index is 1.00. The molecule has 4 aromatic rings. The molecule has 2 unspecified atom stereocenters. The number of carboxylic acids is 1. The molecule has 0 radical (unpaired) electrons. The summed E-state index contributed by atoms with van der Waals surface area (Å²) in [5.41, 5.74) is 1.03. The van der Waals surface area contributed by atoms with Crippen LogP contribution in [0.15, 0.2) is 71.0 Å². The molecule has 19 heteroatoms. The first kappa shape index (κ1) is 49.2. The molecule has 9 rings (SSSR count). The third-order valence-corrected chi connectivity index (χ3v) is 17.3. The van der Waals surface area contributed by atoms with Crippen molar-refractivity contribution in [2.24, 2.45) is 11.8 Å². The van der Waals surface area contributed by atoms with Gasteiger partial charge in [-0.25, -0.2) is 28.0 Å². The number of sulfonamides is 1. The van der Waals surface area contributed by atoms with Crippen LogP contribution in [0.25, 0.3) is 22.3 Å². The van der Waals surface area contributed by atoms with E-state index in [2.05, 4.69) is 21.3 Å². The van der Waals surface area contributed by atoms with E-state index in [-0.39, 0.29) is 49.2 Å². The summed E-state index contributed by atoms with van der Waals surface area (Å²) in [5.74, 6) is -1.58. The molecule has 5 N–H and O–H groups in total. The smallest absolute Gasteiger partial charge is 0.330 e. The SMILES string of the molecule is COc1ccc2c(O[C@@H]3C[C@H]4C(=O)N[C@]5(C(=O)O)CC5C=CCCCCC[C@H](NC(=O)NC(CN5CCc6ccccc6S5(=O)=O)C5CCCCC5)C(=O)N4C3)cc(-c3csc(NC(C)C)n3)nc2c1. The van der Waals surface area contributed by atoms with E-state index in [1.807, 2.05) is 49.6 Å². The largest absolute Gasteiger partial charge is 0.497 e. The number of nitrogens with zero attached hydrogens (tertiary/aromatic N) is 4. The van der Waals surface area contributed by atoms with E-state index in [1.54, 1.807) is 37.4 Å². The maximum atomic E-state index is 15.2. The monoisotopic (exact) mass is 996 g/mol. The first-order valence-corrected chi connectivity index (χ1v) is 27.1. The zero-order valence-corrected chi connectivity index (χ0v) is 41.7. The Bertz CT molecular complexity index is 2740. The minimum Gasteiger partial charge on any atom is -0.497 e. The molecule has 2 aromatic carbocycles. The Morgan fingerprint density at radius 2 is 1.79 bits per heavy atom. The van der Waals surface area contributed by atoms with Crippen molar-refractivity contribution >= 4 is 61.2 Å². The Morgan fingerprint density at radius 3 is 2.57 bits per heavy atom. The number of carbonyl (C=O) groups excluding carboxylic acids is 3. The van der Waals surface area contributed by atoms with Gasteiger partial charge in [-0.2, -0.15) is 4.31 Å². The third kappa shape index (κ3) is 10.6.